The van der Waals surface area contributed by atoms with Gasteiger partial charge in [0.15, 0.2) is 0 Å². The SMILES string of the molecule is C/C(=C/COc1cc([N+](=O)[O-])ccc1Br)C(=O)O. The molecule has 18 heavy (non-hydrogen) atoms. The summed E-state index contributed by atoms with van der Waals surface area (Å²) in [5.41, 5.74) is 0.0590. The van der Waals surface area contributed by atoms with Crippen LogP contribution in [-0.2, 0) is 4.79 Å². The second kappa shape index (κ2) is 6.15. The maximum Gasteiger partial charge on any atom is 0.331 e. The summed E-state index contributed by atoms with van der Waals surface area (Å²) < 4.78 is 5.82. The minimum absolute atomic E-state index is 0.0257. The van der Waals surface area contributed by atoms with Gasteiger partial charge in [0.05, 0.1) is 15.5 Å². The molecule has 96 valence electrons. The molecule has 0 aliphatic heterocycles. The number of nitrogens with zero attached hydrogens (tertiary/aromatic N) is 1. The van der Waals surface area contributed by atoms with Gasteiger partial charge in [0.25, 0.3) is 5.69 Å². The highest BCUT2D eigenvalue weighted by atomic mass is 79.9. The van der Waals surface area contributed by atoms with Gasteiger partial charge in [-0.2, -0.15) is 0 Å². The summed E-state index contributed by atoms with van der Waals surface area (Å²) in [6.45, 7) is 1.46. The zero-order valence-electron chi connectivity index (χ0n) is 9.42. The third-order valence-electron chi connectivity index (χ3n) is 2.09. The van der Waals surface area contributed by atoms with E-state index in [0.717, 1.165) is 0 Å². The van der Waals surface area contributed by atoms with Crippen LogP contribution in [0.25, 0.3) is 0 Å². The van der Waals surface area contributed by atoms with Crippen LogP contribution in [0.5, 0.6) is 5.75 Å². The van der Waals surface area contributed by atoms with Gasteiger partial charge in [-0.1, -0.05) is 0 Å². The Hall–Kier alpha value is -1.89. The highest BCUT2D eigenvalue weighted by molar-refractivity contribution is 9.10. The molecule has 0 saturated heterocycles. The van der Waals surface area contributed by atoms with Crippen LogP contribution in [0.2, 0.25) is 0 Å². The van der Waals surface area contributed by atoms with E-state index in [4.69, 9.17) is 9.84 Å². The van der Waals surface area contributed by atoms with E-state index in [0.29, 0.717) is 10.2 Å². The second-order valence-corrected chi connectivity index (χ2v) is 4.23. The van der Waals surface area contributed by atoms with E-state index in [2.05, 4.69) is 15.9 Å². The number of carbonyl (C=O) groups is 1. The number of ether oxygens (including phenoxy) is 1. The molecular formula is C11H10BrNO5. The van der Waals surface area contributed by atoms with Crippen molar-refractivity contribution < 1.29 is 19.6 Å². The second-order valence-electron chi connectivity index (χ2n) is 3.38. The van der Waals surface area contributed by atoms with Gasteiger partial charge in [-0.05, 0) is 35.0 Å². The van der Waals surface area contributed by atoms with Crippen molar-refractivity contribution >= 4 is 27.6 Å². The normalized spacial score (nSPS) is 11.1. The third kappa shape index (κ3) is 3.85. The Kier molecular flexibility index (Phi) is 4.85. The number of nitro benzene ring substituents is 1. The largest absolute Gasteiger partial charge is 0.488 e. The first kappa shape index (κ1) is 14.2. The van der Waals surface area contributed by atoms with E-state index in [1.165, 1.54) is 31.2 Å². The lowest BCUT2D eigenvalue weighted by molar-refractivity contribution is -0.384. The fourth-order valence-electron chi connectivity index (χ4n) is 1.06. The molecule has 0 aromatic heterocycles. The van der Waals surface area contributed by atoms with Gasteiger partial charge in [0.1, 0.15) is 12.4 Å². The number of halogens is 1. The monoisotopic (exact) mass is 315 g/mol. The van der Waals surface area contributed by atoms with Crippen LogP contribution >= 0.6 is 15.9 Å². The number of aliphatic carboxylic acids is 1. The number of carboxylic acid groups (broad SMARTS) is 1. The zero-order chi connectivity index (χ0) is 13.7. The summed E-state index contributed by atoms with van der Waals surface area (Å²) in [6, 6.07) is 4.12. The van der Waals surface area contributed by atoms with Gasteiger partial charge in [-0.25, -0.2) is 4.79 Å². The number of carboxylic acids is 1. The first-order valence-corrected chi connectivity index (χ1v) is 5.68. The molecule has 0 unspecified atom stereocenters. The molecule has 0 aliphatic rings. The van der Waals surface area contributed by atoms with Gasteiger partial charge in [0.2, 0.25) is 0 Å². The summed E-state index contributed by atoms with van der Waals surface area (Å²) in [5.74, 6) is -0.740. The molecule has 0 aliphatic carbocycles. The van der Waals surface area contributed by atoms with Crippen molar-refractivity contribution in [3.63, 3.8) is 0 Å². The number of nitro groups is 1. The summed E-state index contributed by atoms with van der Waals surface area (Å²) in [4.78, 5) is 20.6. The molecule has 7 heteroatoms. The lowest BCUT2D eigenvalue weighted by atomic mass is 10.3. The Morgan fingerprint density at radius 1 is 1.61 bits per heavy atom. The highest BCUT2D eigenvalue weighted by Crippen LogP contribution is 2.29. The Bertz CT molecular complexity index is 512. The Morgan fingerprint density at radius 2 is 2.28 bits per heavy atom. The zero-order valence-corrected chi connectivity index (χ0v) is 11.0. The van der Waals surface area contributed by atoms with Crippen molar-refractivity contribution in [2.45, 2.75) is 6.92 Å². The molecule has 6 nitrogen and oxygen atoms in total. The molecule has 0 bridgehead atoms. The maximum absolute atomic E-state index is 10.6. The van der Waals surface area contributed by atoms with Crippen molar-refractivity contribution in [3.05, 3.63) is 44.4 Å². The molecule has 1 rings (SSSR count). The smallest absolute Gasteiger partial charge is 0.331 e. The van der Waals surface area contributed by atoms with Crippen LogP contribution in [-0.4, -0.2) is 22.6 Å². The van der Waals surface area contributed by atoms with E-state index in [1.807, 2.05) is 0 Å². The molecule has 1 aromatic carbocycles. The van der Waals surface area contributed by atoms with Crippen LogP contribution in [0, 0.1) is 10.1 Å². The topological polar surface area (TPSA) is 89.7 Å². The van der Waals surface area contributed by atoms with Gasteiger partial charge in [0, 0.05) is 11.6 Å². The van der Waals surface area contributed by atoms with E-state index in [-0.39, 0.29) is 17.9 Å². The predicted molar refractivity (Wildman–Crippen MR) is 67.7 cm³/mol. The molecule has 0 fully saturated rings. The fourth-order valence-corrected chi connectivity index (χ4v) is 1.42. The average molecular weight is 316 g/mol. The van der Waals surface area contributed by atoms with Gasteiger partial charge in [-0.15, -0.1) is 0 Å². The van der Waals surface area contributed by atoms with Crippen LogP contribution in [0.15, 0.2) is 34.3 Å². The summed E-state index contributed by atoms with van der Waals surface area (Å²) in [7, 11) is 0. The van der Waals surface area contributed by atoms with Crippen molar-refractivity contribution in [2.24, 2.45) is 0 Å². The van der Waals surface area contributed by atoms with E-state index in [9.17, 15) is 14.9 Å². The van der Waals surface area contributed by atoms with Gasteiger partial charge in [-0.3, -0.25) is 10.1 Å². The van der Waals surface area contributed by atoms with Gasteiger partial charge >= 0.3 is 5.97 Å². The van der Waals surface area contributed by atoms with E-state index >= 15 is 0 Å². The van der Waals surface area contributed by atoms with Crippen LogP contribution in [0.3, 0.4) is 0 Å². The molecule has 1 aromatic rings. The molecule has 0 spiro atoms. The molecule has 0 atom stereocenters. The average Bonchev–Trinajstić information content (AvgIpc) is 2.30. The predicted octanol–water partition coefficient (Wildman–Crippen LogP) is 2.77. The van der Waals surface area contributed by atoms with Crippen LogP contribution in [0.4, 0.5) is 5.69 Å². The lowest BCUT2D eigenvalue weighted by Gasteiger charge is -2.05. The highest BCUT2D eigenvalue weighted by Gasteiger charge is 2.10. The molecular weight excluding hydrogens is 306 g/mol. The lowest BCUT2D eigenvalue weighted by Crippen LogP contribution is -2.01. The number of hydrogen-bond acceptors (Lipinski definition) is 4. The summed E-state index contributed by atoms with van der Waals surface area (Å²) in [5, 5.41) is 19.2. The molecule has 0 saturated carbocycles. The summed E-state index contributed by atoms with van der Waals surface area (Å²) >= 11 is 3.19. The molecule has 0 heterocycles. The van der Waals surface area contributed by atoms with E-state index in [1.54, 1.807) is 0 Å². The van der Waals surface area contributed by atoms with E-state index < -0.39 is 10.9 Å². The number of benzene rings is 1. The Labute approximate surface area is 111 Å². The van der Waals surface area contributed by atoms with Gasteiger partial charge < -0.3 is 9.84 Å². The van der Waals surface area contributed by atoms with Crippen molar-refractivity contribution in [1.29, 1.82) is 0 Å². The van der Waals surface area contributed by atoms with Crippen LogP contribution < -0.4 is 4.74 Å². The fraction of sp³-hybridized carbons (Fsp3) is 0.182. The van der Waals surface area contributed by atoms with Crippen molar-refractivity contribution in [3.8, 4) is 5.75 Å². The quantitative estimate of drug-likeness (QED) is 0.512. The van der Waals surface area contributed by atoms with Crippen molar-refractivity contribution in [1.82, 2.24) is 0 Å². The number of hydrogen-bond donors (Lipinski definition) is 1. The molecule has 1 N–H and O–H groups in total. The first-order valence-electron chi connectivity index (χ1n) is 4.88. The number of non-ortho nitro benzene ring substituents is 1. The first-order chi connectivity index (χ1) is 8.41. The Balaban J connectivity index is 2.78. The van der Waals surface area contributed by atoms with Crippen LogP contribution in [0.1, 0.15) is 6.92 Å². The molecule has 0 amide bonds. The van der Waals surface area contributed by atoms with Crippen molar-refractivity contribution in [2.75, 3.05) is 6.61 Å². The number of rotatable bonds is 5. The summed E-state index contributed by atoms with van der Waals surface area (Å²) in [6.07, 6.45) is 1.38. The minimum atomic E-state index is -1.03. The third-order valence-corrected chi connectivity index (χ3v) is 2.75. The minimum Gasteiger partial charge on any atom is -0.488 e. The Morgan fingerprint density at radius 3 is 2.83 bits per heavy atom. The standard InChI is InChI=1S/C11H10BrNO5/c1-7(11(14)15)4-5-18-10-6-8(13(16)17)2-3-9(10)12/h2-4,6H,5H2,1H3,(H,14,15)/b7-4-. The molecule has 0 radical (unpaired) electrons. The maximum atomic E-state index is 10.6.